The van der Waals surface area contributed by atoms with E-state index in [-0.39, 0.29) is 43.0 Å². The minimum atomic E-state index is 0. The normalized spacial score (nSPS) is 0. The monoisotopic (exact) mass is 162 g/mol. The first-order valence-corrected chi connectivity index (χ1v) is 0. The fraction of sp³-hybridized carbons (Fsp3) is 0. The Hall–Kier alpha value is 0.528. The third kappa shape index (κ3) is 104. The van der Waals surface area contributed by atoms with Crippen LogP contribution in [0.25, 0.3) is 0 Å². The van der Waals surface area contributed by atoms with Gasteiger partial charge in [0.1, 0.15) is 0 Å². The molecule has 0 aromatic heterocycles. The van der Waals surface area contributed by atoms with Crippen LogP contribution in [0.15, 0.2) is 0 Å². The van der Waals surface area contributed by atoms with Crippen LogP contribution in [0.1, 0.15) is 0 Å². The van der Waals surface area contributed by atoms with Crippen LogP contribution in [0.4, 0.5) is 0 Å². The van der Waals surface area contributed by atoms with Gasteiger partial charge >= 0.3 is 0 Å². The standard InChI is InChI=1S/Mo.4O/q;4*-2. The second kappa shape index (κ2) is 202. The van der Waals surface area contributed by atoms with Gasteiger partial charge in [-0.15, -0.1) is 0 Å². The van der Waals surface area contributed by atoms with E-state index in [4.69, 9.17) is 0 Å². The van der Waals surface area contributed by atoms with E-state index in [0.29, 0.717) is 0 Å². The van der Waals surface area contributed by atoms with Crippen LogP contribution in [0.3, 0.4) is 0 Å². The van der Waals surface area contributed by atoms with E-state index in [1.54, 1.807) is 0 Å². The van der Waals surface area contributed by atoms with Gasteiger partial charge in [-0.2, -0.15) is 0 Å². The zero-order valence-corrected chi connectivity index (χ0v) is 4.05. The Morgan fingerprint density at radius 1 is 0.400 bits per heavy atom. The van der Waals surface area contributed by atoms with Crippen LogP contribution in [0.2, 0.25) is 0 Å². The van der Waals surface area contributed by atoms with Gasteiger partial charge in [0, 0.05) is 21.1 Å². The first kappa shape index (κ1) is 406. The van der Waals surface area contributed by atoms with E-state index < -0.39 is 0 Å². The molecular weight excluding hydrogens is 160 g/mol. The van der Waals surface area contributed by atoms with Crippen LogP contribution in [0, 0.1) is 0 Å². The van der Waals surface area contributed by atoms with Crippen molar-refractivity contribution in [1.29, 1.82) is 0 Å². The van der Waals surface area contributed by atoms with Crippen molar-refractivity contribution in [2.24, 2.45) is 0 Å². The second-order valence-corrected chi connectivity index (χ2v) is 0. The molecule has 0 saturated carbocycles. The predicted molar refractivity (Wildman–Crippen MR) is 2.75 cm³/mol. The smallest absolute Gasteiger partial charge is 0 e. The average molecular weight is 160 g/mol. The summed E-state index contributed by atoms with van der Waals surface area (Å²) < 4.78 is 0. The van der Waals surface area contributed by atoms with Crippen molar-refractivity contribution in [3.8, 4) is 0 Å². The Kier molecular flexibility index (Phi) is 16400. The number of hydrogen-bond acceptors (Lipinski definition) is 0. The number of hydrogen-bond donors (Lipinski definition) is 0. The van der Waals surface area contributed by atoms with Crippen molar-refractivity contribution >= 4 is 0 Å². The average Bonchev–Trinajstić information content (AvgIpc) is 0. The molecule has 0 aliphatic heterocycles. The molecule has 5 heavy (non-hydrogen) atoms. The molecule has 4 nitrogen and oxygen atoms in total. The van der Waals surface area contributed by atoms with Gasteiger partial charge in [-0.3, -0.25) is 0 Å². The maximum Gasteiger partial charge on any atom is 0 e. The SMILES string of the molecule is [Mo].[O-2].[O-2].[O-2].[O-2]. The van der Waals surface area contributed by atoms with Crippen LogP contribution in [-0.4, -0.2) is 0 Å². The van der Waals surface area contributed by atoms with Crippen molar-refractivity contribution in [2.75, 3.05) is 0 Å². The zero-order valence-electron chi connectivity index (χ0n) is 2.04. The summed E-state index contributed by atoms with van der Waals surface area (Å²) in [5, 5.41) is 0. The summed E-state index contributed by atoms with van der Waals surface area (Å²) in [6.45, 7) is 0. The largest absolute Gasteiger partial charge is 2.00 e. The quantitative estimate of drug-likeness (QED) is 0.426. The third-order valence-corrected chi connectivity index (χ3v) is 0. The summed E-state index contributed by atoms with van der Waals surface area (Å²) in [4.78, 5) is 0. The fourth-order valence-corrected chi connectivity index (χ4v) is 0. The van der Waals surface area contributed by atoms with E-state index in [2.05, 4.69) is 0 Å². The first-order valence-electron chi connectivity index (χ1n) is 0. The van der Waals surface area contributed by atoms with Crippen LogP contribution >= 0.6 is 0 Å². The summed E-state index contributed by atoms with van der Waals surface area (Å²) in [5.41, 5.74) is 0. The molecule has 0 aromatic rings. The number of rotatable bonds is 0. The van der Waals surface area contributed by atoms with Gasteiger partial charge in [-0.05, 0) is 0 Å². The Labute approximate surface area is 43.7 Å². The molecule has 0 radical (unpaired) electrons. The molecule has 0 spiro atoms. The van der Waals surface area contributed by atoms with Gasteiger partial charge in [0.05, 0.1) is 0 Å². The molecule has 0 aliphatic rings. The topological polar surface area (TPSA) is 114 Å². The molecule has 0 fully saturated rings. The van der Waals surface area contributed by atoms with Crippen LogP contribution in [0.5, 0.6) is 0 Å². The van der Waals surface area contributed by atoms with Crippen molar-refractivity contribution in [1.82, 2.24) is 0 Å². The Morgan fingerprint density at radius 2 is 0.400 bits per heavy atom. The maximum absolute atomic E-state index is 0. The van der Waals surface area contributed by atoms with Gasteiger partial charge in [-0.1, -0.05) is 0 Å². The van der Waals surface area contributed by atoms with Gasteiger partial charge in [0.2, 0.25) is 0 Å². The second-order valence-electron chi connectivity index (χ2n) is 0. The molecule has 0 rings (SSSR count). The molecule has 0 unspecified atom stereocenters. The predicted octanol–water partition coefficient (Wildman–Crippen LogP) is -0.478. The molecule has 0 aliphatic carbocycles. The minimum Gasteiger partial charge on any atom is -2.00 e. The molecule has 5 heteroatoms. The third-order valence-electron chi connectivity index (χ3n) is 0. The fourth-order valence-electron chi connectivity index (χ4n) is 0. The zero-order chi connectivity index (χ0) is 0. The van der Waals surface area contributed by atoms with Crippen LogP contribution < -0.4 is 0 Å². The van der Waals surface area contributed by atoms with Crippen molar-refractivity contribution in [3.05, 3.63) is 0 Å². The molecule has 0 aromatic carbocycles. The Bertz CT molecular complexity index is 3.61. The van der Waals surface area contributed by atoms with E-state index in [1.807, 2.05) is 0 Å². The molecule has 0 amide bonds. The minimum absolute atomic E-state index is 0. The molecule has 0 atom stereocenters. The van der Waals surface area contributed by atoms with E-state index in [0.717, 1.165) is 0 Å². The Balaban J connectivity index is 0. The van der Waals surface area contributed by atoms with E-state index >= 15 is 0 Å². The van der Waals surface area contributed by atoms with Gasteiger partial charge < -0.3 is 21.9 Å². The molecule has 38 valence electrons. The molecule has 0 N–H and O–H groups in total. The summed E-state index contributed by atoms with van der Waals surface area (Å²) in [6, 6.07) is 0. The Morgan fingerprint density at radius 3 is 0.400 bits per heavy atom. The van der Waals surface area contributed by atoms with Crippen molar-refractivity contribution in [3.63, 3.8) is 0 Å². The van der Waals surface area contributed by atoms with E-state index in [9.17, 15) is 0 Å². The molecule has 0 heterocycles. The van der Waals surface area contributed by atoms with E-state index in [1.165, 1.54) is 0 Å². The molecule has 0 bridgehead atoms. The summed E-state index contributed by atoms with van der Waals surface area (Å²) in [7, 11) is 0. The summed E-state index contributed by atoms with van der Waals surface area (Å²) in [5.74, 6) is 0. The summed E-state index contributed by atoms with van der Waals surface area (Å²) in [6.07, 6.45) is 0. The van der Waals surface area contributed by atoms with Gasteiger partial charge in [0.15, 0.2) is 0 Å². The van der Waals surface area contributed by atoms with Crippen molar-refractivity contribution < 1.29 is 43.0 Å². The summed E-state index contributed by atoms with van der Waals surface area (Å²) >= 11 is 0. The molecule has 0 saturated heterocycles. The first-order chi connectivity index (χ1) is 0. The maximum atomic E-state index is 0. The van der Waals surface area contributed by atoms with Gasteiger partial charge in [0.25, 0.3) is 0 Å². The van der Waals surface area contributed by atoms with Crippen molar-refractivity contribution in [2.45, 2.75) is 0 Å². The van der Waals surface area contributed by atoms with Crippen LogP contribution in [-0.2, 0) is 43.0 Å². The van der Waals surface area contributed by atoms with Gasteiger partial charge in [-0.25, -0.2) is 0 Å². The molecular formula is MoO4-8.